The van der Waals surface area contributed by atoms with Gasteiger partial charge in [0.05, 0.1) is 17.2 Å². The number of aromatic nitrogens is 6. The number of hydrogen-bond acceptors (Lipinski definition) is 9. The van der Waals surface area contributed by atoms with Crippen molar-refractivity contribution in [3.8, 4) is 28.6 Å². The lowest BCUT2D eigenvalue weighted by molar-refractivity contribution is 0.0936. The fourth-order valence-electron chi connectivity index (χ4n) is 6.19. The molecule has 12 nitrogen and oxygen atoms in total. The van der Waals surface area contributed by atoms with Crippen LogP contribution in [-0.2, 0) is 6.42 Å². The van der Waals surface area contributed by atoms with E-state index in [4.69, 9.17) is 20.8 Å². The minimum Gasteiger partial charge on any atom is -0.507 e. The predicted molar refractivity (Wildman–Crippen MR) is 172 cm³/mol. The molecule has 1 saturated heterocycles. The van der Waals surface area contributed by atoms with Gasteiger partial charge in [-0.2, -0.15) is 0 Å². The Morgan fingerprint density at radius 3 is 2.72 bits per heavy atom. The molecule has 1 aliphatic heterocycles. The molecule has 2 aromatic carbocycles. The summed E-state index contributed by atoms with van der Waals surface area (Å²) in [6, 6.07) is 19.7. The zero-order chi connectivity index (χ0) is 31.4. The van der Waals surface area contributed by atoms with Crippen molar-refractivity contribution in [3.05, 3.63) is 101 Å². The molecule has 5 heterocycles. The van der Waals surface area contributed by atoms with E-state index in [1.165, 1.54) is 24.6 Å². The second-order valence-corrected chi connectivity index (χ2v) is 11.5. The summed E-state index contributed by atoms with van der Waals surface area (Å²) in [4.78, 5) is 40.9. The number of nitrogens with one attached hydrogen (secondary N) is 1. The summed E-state index contributed by atoms with van der Waals surface area (Å²) in [6.45, 7) is 2.01. The summed E-state index contributed by atoms with van der Waals surface area (Å²) in [5.74, 6) is 2.11. The number of nitrogens with zero attached hydrogens (tertiary/aromatic N) is 7. The molecule has 1 aliphatic carbocycles. The molecule has 2 aliphatic rings. The van der Waals surface area contributed by atoms with Crippen LogP contribution in [0.3, 0.4) is 0 Å². The van der Waals surface area contributed by atoms with Gasteiger partial charge in [0.1, 0.15) is 17.1 Å². The molecule has 0 spiro atoms. The standard InChI is InChI=1S/C34H29N9O3/c35-31-25(3-1-13-36-31)32-37-27-9-11-29(42-16-12-30(40-42)41-14-2-15-41)39-33(27)43(32)23-6-7-24-20(18-23)4-8-26(24)38-34(46)21-5-10-28(45)22(17-21)19-44/h1,3,5-7,9-13,16-19,26,45H,2,4,8,14-15H2,(H2,35,36)(H,38,46)/t26-/m0/s1. The van der Waals surface area contributed by atoms with Crippen LogP contribution in [0.15, 0.2) is 79.1 Å². The molecule has 4 aromatic heterocycles. The number of imidazole rings is 1. The third kappa shape index (κ3) is 4.62. The maximum atomic E-state index is 13.1. The second-order valence-electron chi connectivity index (χ2n) is 11.5. The zero-order valence-electron chi connectivity index (χ0n) is 24.7. The number of nitrogen functional groups attached to an aromatic ring is 1. The smallest absolute Gasteiger partial charge is 0.251 e. The topological polar surface area (TPSA) is 157 Å². The molecular formula is C34H29N9O3. The first-order valence-corrected chi connectivity index (χ1v) is 15.1. The van der Waals surface area contributed by atoms with E-state index in [1.807, 2.05) is 53.2 Å². The number of carbonyl (C=O) groups excluding carboxylic acids is 2. The number of hydrogen-bond donors (Lipinski definition) is 3. The highest BCUT2D eigenvalue weighted by Crippen LogP contribution is 2.36. The van der Waals surface area contributed by atoms with Crippen molar-refractivity contribution in [2.75, 3.05) is 23.7 Å². The predicted octanol–water partition coefficient (Wildman–Crippen LogP) is 4.40. The number of amides is 1. The largest absolute Gasteiger partial charge is 0.507 e. The molecule has 0 radical (unpaired) electrons. The molecule has 0 unspecified atom stereocenters. The summed E-state index contributed by atoms with van der Waals surface area (Å²) < 4.78 is 3.78. The highest BCUT2D eigenvalue weighted by molar-refractivity contribution is 5.96. The van der Waals surface area contributed by atoms with Crippen LogP contribution in [0.1, 0.15) is 50.7 Å². The van der Waals surface area contributed by atoms with Crippen LogP contribution in [-0.4, -0.2) is 59.7 Å². The fraction of sp³-hybridized carbons (Fsp3) is 0.176. The number of aldehydes is 1. The molecule has 1 fully saturated rings. The molecule has 12 heteroatoms. The monoisotopic (exact) mass is 611 g/mol. The summed E-state index contributed by atoms with van der Waals surface area (Å²) in [5, 5.41) is 17.7. The van der Waals surface area contributed by atoms with Gasteiger partial charge in [0.2, 0.25) is 0 Å². The van der Waals surface area contributed by atoms with E-state index < -0.39 is 0 Å². The number of nitrogens with two attached hydrogens (primary N) is 1. The first-order valence-electron chi connectivity index (χ1n) is 15.1. The Bertz CT molecular complexity index is 2170. The van der Waals surface area contributed by atoms with Crippen LogP contribution in [0.2, 0.25) is 0 Å². The van der Waals surface area contributed by atoms with Gasteiger partial charge in [-0.15, -0.1) is 5.10 Å². The minimum absolute atomic E-state index is 0.0719. The molecule has 228 valence electrons. The number of aromatic hydroxyl groups is 1. The van der Waals surface area contributed by atoms with Crippen molar-refractivity contribution in [1.29, 1.82) is 0 Å². The summed E-state index contributed by atoms with van der Waals surface area (Å²) >= 11 is 0. The van der Waals surface area contributed by atoms with E-state index in [2.05, 4.69) is 21.3 Å². The van der Waals surface area contributed by atoms with Gasteiger partial charge in [-0.25, -0.2) is 19.6 Å². The fourth-order valence-corrected chi connectivity index (χ4v) is 6.19. The molecule has 8 rings (SSSR count). The lowest BCUT2D eigenvalue weighted by atomic mass is 10.1. The average Bonchev–Trinajstić information content (AvgIpc) is 3.77. The number of aryl methyl sites for hydroxylation is 1. The Morgan fingerprint density at radius 2 is 1.91 bits per heavy atom. The van der Waals surface area contributed by atoms with Crippen molar-refractivity contribution in [1.82, 2.24) is 34.6 Å². The van der Waals surface area contributed by atoms with E-state index in [9.17, 15) is 14.7 Å². The maximum absolute atomic E-state index is 13.1. The van der Waals surface area contributed by atoms with E-state index in [1.54, 1.807) is 10.9 Å². The van der Waals surface area contributed by atoms with Crippen LogP contribution < -0.4 is 16.0 Å². The molecule has 0 saturated carbocycles. The van der Waals surface area contributed by atoms with E-state index >= 15 is 0 Å². The zero-order valence-corrected chi connectivity index (χ0v) is 24.7. The van der Waals surface area contributed by atoms with Gasteiger partial charge in [0, 0.05) is 42.8 Å². The number of rotatable bonds is 7. The summed E-state index contributed by atoms with van der Waals surface area (Å²) in [7, 11) is 0. The first kappa shape index (κ1) is 27.5. The molecule has 1 amide bonds. The molecule has 46 heavy (non-hydrogen) atoms. The second kappa shape index (κ2) is 10.8. The molecule has 1 atom stereocenters. The third-order valence-corrected chi connectivity index (χ3v) is 8.74. The number of phenols is 1. The van der Waals surface area contributed by atoms with Crippen molar-refractivity contribution in [3.63, 3.8) is 0 Å². The van der Waals surface area contributed by atoms with Gasteiger partial charge in [-0.1, -0.05) is 6.07 Å². The van der Waals surface area contributed by atoms with E-state index in [0.717, 1.165) is 48.6 Å². The van der Waals surface area contributed by atoms with Crippen LogP contribution in [0.5, 0.6) is 5.75 Å². The summed E-state index contributed by atoms with van der Waals surface area (Å²) in [6.07, 6.45) is 6.75. The van der Waals surface area contributed by atoms with E-state index in [0.29, 0.717) is 46.0 Å². The first-order chi connectivity index (χ1) is 22.5. The number of anilines is 2. The summed E-state index contributed by atoms with van der Waals surface area (Å²) in [5.41, 5.74) is 11.7. The van der Waals surface area contributed by atoms with Gasteiger partial charge < -0.3 is 21.1 Å². The van der Waals surface area contributed by atoms with Crippen molar-refractivity contribution < 1.29 is 14.7 Å². The van der Waals surface area contributed by atoms with Gasteiger partial charge >= 0.3 is 0 Å². The Morgan fingerprint density at radius 1 is 1.02 bits per heavy atom. The van der Waals surface area contributed by atoms with Crippen molar-refractivity contribution in [2.45, 2.75) is 25.3 Å². The van der Waals surface area contributed by atoms with Gasteiger partial charge in [-0.3, -0.25) is 14.2 Å². The SMILES string of the molecule is Nc1ncccc1-c1nc2ccc(-n3ccc(N4CCC4)n3)nc2n1-c1ccc2c(c1)CC[C@@H]2NC(=O)c1ccc(O)c(C=O)c1. The molecule has 0 bridgehead atoms. The van der Waals surface area contributed by atoms with Crippen LogP contribution in [0.25, 0.3) is 34.1 Å². The highest BCUT2D eigenvalue weighted by atomic mass is 16.3. The molecule has 6 aromatic rings. The number of benzene rings is 2. The Labute approximate surface area is 263 Å². The number of phenolic OH excluding ortho intramolecular Hbond substituents is 1. The third-order valence-electron chi connectivity index (χ3n) is 8.74. The van der Waals surface area contributed by atoms with Gasteiger partial charge in [0.15, 0.2) is 29.4 Å². The Balaban J connectivity index is 1.18. The Kier molecular flexibility index (Phi) is 6.48. The lowest BCUT2D eigenvalue weighted by Gasteiger charge is -2.30. The number of pyridine rings is 2. The minimum atomic E-state index is -0.312. The van der Waals surface area contributed by atoms with E-state index in [-0.39, 0.29) is 23.3 Å². The van der Waals surface area contributed by atoms with Crippen LogP contribution in [0.4, 0.5) is 11.6 Å². The quantitative estimate of drug-likeness (QED) is 0.223. The number of carbonyl (C=O) groups is 2. The van der Waals surface area contributed by atoms with Crippen LogP contribution in [0, 0.1) is 0 Å². The van der Waals surface area contributed by atoms with Crippen molar-refractivity contribution in [2.24, 2.45) is 0 Å². The Hall–Kier alpha value is -6.04. The highest BCUT2D eigenvalue weighted by Gasteiger charge is 2.27. The lowest BCUT2D eigenvalue weighted by Crippen LogP contribution is -2.37. The van der Waals surface area contributed by atoms with Gasteiger partial charge in [0.25, 0.3) is 5.91 Å². The maximum Gasteiger partial charge on any atom is 0.251 e. The van der Waals surface area contributed by atoms with Gasteiger partial charge in [-0.05, 0) is 85.0 Å². The van der Waals surface area contributed by atoms with Crippen LogP contribution >= 0.6 is 0 Å². The molecular weight excluding hydrogens is 582 g/mol. The van der Waals surface area contributed by atoms with Crippen molar-refractivity contribution >= 4 is 35.0 Å². The average molecular weight is 612 g/mol. The molecule has 4 N–H and O–H groups in total. The normalized spacial score (nSPS) is 15.5. The number of fused-ring (bicyclic) bond motifs is 2.